The highest BCUT2D eigenvalue weighted by Gasteiger charge is 2.63. The summed E-state index contributed by atoms with van der Waals surface area (Å²) >= 11 is 6.64. The molecule has 1 spiro atoms. The van der Waals surface area contributed by atoms with Gasteiger partial charge in [0.05, 0.1) is 22.8 Å². The molecule has 2 N–H and O–H groups in total. The number of Topliss-reactive ketones (excluding diaryl/α,β-unsaturated/α-hetero) is 1. The van der Waals surface area contributed by atoms with Crippen molar-refractivity contribution in [3.05, 3.63) is 117 Å². The molecule has 0 bridgehead atoms. The molecule has 3 aliphatic rings. The summed E-state index contributed by atoms with van der Waals surface area (Å²) in [6.45, 7) is 0.210. The number of carbonyl (C=O) groups excluding carboxylic acids is 2. The lowest BCUT2D eigenvalue weighted by Gasteiger charge is -2.33. The summed E-state index contributed by atoms with van der Waals surface area (Å²) in [5.74, 6) is -0.827. The zero-order valence-electron chi connectivity index (χ0n) is 17.7. The largest absolute Gasteiger partial charge is 0.439 e. The van der Waals surface area contributed by atoms with Gasteiger partial charge in [0, 0.05) is 16.7 Å². The summed E-state index contributed by atoms with van der Waals surface area (Å²) in [6, 6.07) is 23.6. The maximum Gasteiger partial charge on any atom is 0.248 e. The Bertz CT molecular complexity index is 1530. The van der Waals surface area contributed by atoms with Gasteiger partial charge in [-0.1, -0.05) is 78.3 Å². The van der Waals surface area contributed by atoms with Crippen LogP contribution in [0.1, 0.15) is 27.0 Å². The van der Waals surface area contributed by atoms with Crippen molar-refractivity contribution >= 4 is 34.7 Å². The van der Waals surface area contributed by atoms with Crippen LogP contribution in [0.25, 0.3) is 5.76 Å². The highest BCUT2D eigenvalue weighted by Crippen LogP contribution is 2.59. The Labute approximate surface area is 200 Å². The first-order valence-electron chi connectivity index (χ1n) is 10.6. The van der Waals surface area contributed by atoms with Crippen molar-refractivity contribution in [3.63, 3.8) is 0 Å². The molecule has 7 heteroatoms. The second-order valence-corrected chi connectivity index (χ2v) is 8.70. The molecule has 0 unspecified atom stereocenters. The third-order valence-electron chi connectivity index (χ3n) is 6.60. The van der Waals surface area contributed by atoms with E-state index in [9.17, 15) is 14.9 Å². The Hall–Kier alpha value is -4.34. The van der Waals surface area contributed by atoms with Crippen LogP contribution in [0.15, 0.2) is 89.8 Å². The van der Waals surface area contributed by atoms with Crippen molar-refractivity contribution in [1.29, 1.82) is 5.26 Å². The molecule has 0 saturated carbocycles. The predicted molar refractivity (Wildman–Crippen MR) is 126 cm³/mol. The summed E-state index contributed by atoms with van der Waals surface area (Å²) in [6.07, 6.45) is 0. The van der Waals surface area contributed by atoms with Crippen LogP contribution in [0.5, 0.6) is 0 Å². The normalized spacial score (nSPS) is 20.3. The maximum absolute atomic E-state index is 14.4. The van der Waals surface area contributed by atoms with Crippen LogP contribution in [0.3, 0.4) is 0 Å². The average Bonchev–Trinajstić information content (AvgIpc) is 3.26. The minimum Gasteiger partial charge on any atom is -0.439 e. The van der Waals surface area contributed by atoms with E-state index in [-0.39, 0.29) is 35.1 Å². The number of halogens is 1. The number of anilines is 1. The molecular formula is C27H16ClN3O3. The number of nitriles is 1. The molecule has 2 heterocycles. The number of ketones is 1. The van der Waals surface area contributed by atoms with Crippen LogP contribution >= 0.6 is 11.6 Å². The summed E-state index contributed by atoms with van der Waals surface area (Å²) in [4.78, 5) is 29.7. The standard InChI is InChI=1S/C27H16ClN3O3/c28-20-12-6-11-18-22(20)31(14-15-7-2-1-3-8-15)26(33)27(18)19(13-29)25(30)34-24-17-10-5-4-9-16(17)23(32)21(24)27/h1-12H,14,30H2/t27-/m1/s1. The van der Waals surface area contributed by atoms with Crippen LogP contribution < -0.4 is 10.6 Å². The molecular weight excluding hydrogens is 450 g/mol. The number of carbonyl (C=O) groups is 2. The van der Waals surface area contributed by atoms with Gasteiger partial charge in [0.15, 0.2) is 5.78 Å². The van der Waals surface area contributed by atoms with E-state index >= 15 is 0 Å². The van der Waals surface area contributed by atoms with E-state index in [0.29, 0.717) is 27.4 Å². The Kier molecular flexibility index (Phi) is 4.22. The predicted octanol–water partition coefficient (Wildman–Crippen LogP) is 4.46. The van der Waals surface area contributed by atoms with Crippen LogP contribution in [0, 0.1) is 11.3 Å². The fraction of sp³-hybridized carbons (Fsp3) is 0.0741. The van der Waals surface area contributed by atoms with Crippen LogP contribution in [0.2, 0.25) is 5.02 Å². The quantitative estimate of drug-likeness (QED) is 0.602. The second-order valence-electron chi connectivity index (χ2n) is 8.29. The molecule has 1 amide bonds. The fourth-order valence-corrected chi connectivity index (χ4v) is 5.50. The van der Waals surface area contributed by atoms with Crippen LogP contribution in [-0.2, 0) is 21.5 Å². The van der Waals surface area contributed by atoms with Gasteiger partial charge in [-0.15, -0.1) is 0 Å². The molecule has 3 aromatic carbocycles. The summed E-state index contributed by atoms with van der Waals surface area (Å²) < 4.78 is 5.83. The maximum atomic E-state index is 14.4. The fourth-order valence-electron chi connectivity index (χ4n) is 5.22. The van der Waals surface area contributed by atoms with E-state index in [0.717, 1.165) is 5.56 Å². The van der Waals surface area contributed by atoms with Gasteiger partial charge in [0.25, 0.3) is 0 Å². The highest BCUT2D eigenvalue weighted by molar-refractivity contribution is 6.36. The molecule has 0 aromatic heterocycles. The first kappa shape index (κ1) is 20.3. The van der Waals surface area contributed by atoms with Gasteiger partial charge >= 0.3 is 0 Å². The molecule has 3 aromatic rings. The molecule has 0 radical (unpaired) electrons. The number of nitrogens with two attached hydrogens (primary N) is 1. The topological polar surface area (TPSA) is 96.4 Å². The van der Waals surface area contributed by atoms with Crippen molar-refractivity contribution in [3.8, 4) is 6.07 Å². The lowest BCUT2D eigenvalue weighted by Crippen LogP contribution is -2.47. The van der Waals surface area contributed by atoms with Gasteiger partial charge in [-0.25, -0.2) is 0 Å². The van der Waals surface area contributed by atoms with Gasteiger partial charge in [-0.05, 0) is 11.6 Å². The number of hydrogen-bond donors (Lipinski definition) is 1. The van der Waals surface area contributed by atoms with E-state index in [4.69, 9.17) is 22.1 Å². The Morgan fingerprint density at radius 2 is 1.68 bits per heavy atom. The summed E-state index contributed by atoms with van der Waals surface area (Å²) in [5, 5.41) is 10.5. The number of amides is 1. The molecule has 1 aliphatic carbocycles. The third-order valence-corrected chi connectivity index (χ3v) is 6.91. The van der Waals surface area contributed by atoms with Gasteiger partial charge < -0.3 is 15.4 Å². The monoisotopic (exact) mass is 465 g/mol. The lowest BCUT2D eigenvalue weighted by atomic mass is 9.67. The number of hydrogen-bond acceptors (Lipinski definition) is 5. The molecule has 0 fully saturated rings. The summed E-state index contributed by atoms with van der Waals surface area (Å²) in [7, 11) is 0. The Balaban J connectivity index is 1.67. The Morgan fingerprint density at radius 1 is 0.971 bits per heavy atom. The first-order valence-corrected chi connectivity index (χ1v) is 11.0. The first-order chi connectivity index (χ1) is 16.5. The van der Waals surface area contributed by atoms with E-state index in [1.54, 1.807) is 42.5 Å². The number of fused-ring (bicyclic) bond motifs is 5. The van der Waals surface area contributed by atoms with Gasteiger partial charge in [0.2, 0.25) is 11.8 Å². The smallest absolute Gasteiger partial charge is 0.248 e. The zero-order valence-corrected chi connectivity index (χ0v) is 18.5. The highest BCUT2D eigenvalue weighted by atomic mass is 35.5. The molecule has 6 nitrogen and oxygen atoms in total. The minimum atomic E-state index is -1.75. The SMILES string of the molecule is N#CC1=C(N)OC2=C(C(=O)c3ccccc32)[C@]12C(=O)N(Cc1ccccc1)c1c(Cl)cccc12. The van der Waals surface area contributed by atoms with Crippen molar-refractivity contribution in [2.75, 3.05) is 4.90 Å². The third kappa shape index (κ3) is 2.39. The van der Waals surface area contributed by atoms with Crippen molar-refractivity contribution in [1.82, 2.24) is 0 Å². The van der Waals surface area contributed by atoms with E-state index in [1.165, 1.54) is 4.90 Å². The van der Waals surface area contributed by atoms with Crippen molar-refractivity contribution in [2.45, 2.75) is 12.0 Å². The van der Waals surface area contributed by atoms with Crippen LogP contribution in [-0.4, -0.2) is 11.7 Å². The zero-order chi connectivity index (χ0) is 23.6. The molecule has 6 rings (SSSR count). The number of rotatable bonds is 2. The molecule has 164 valence electrons. The van der Waals surface area contributed by atoms with Gasteiger partial charge in [-0.2, -0.15) is 5.26 Å². The lowest BCUT2D eigenvalue weighted by molar-refractivity contribution is -0.121. The minimum absolute atomic E-state index is 0.100. The molecule has 0 saturated heterocycles. The van der Waals surface area contributed by atoms with E-state index in [2.05, 4.69) is 6.07 Å². The molecule has 2 aliphatic heterocycles. The van der Waals surface area contributed by atoms with Crippen molar-refractivity contribution in [2.24, 2.45) is 5.73 Å². The Morgan fingerprint density at radius 3 is 2.41 bits per heavy atom. The second kappa shape index (κ2) is 7.08. The average molecular weight is 466 g/mol. The number of para-hydroxylation sites is 1. The number of benzene rings is 3. The van der Waals surface area contributed by atoms with E-state index in [1.807, 2.05) is 30.3 Å². The summed E-state index contributed by atoms with van der Waals surface area (Å²) in [5.41, 5.74) is 7.19. The van der Waals surface area contributed by atoms with Crippen LogP contribution in [0.4, 0.5) is 5.69 Å². The molecule has 1 atom stereocenters. The molecule has 34 heavy (non-hydrogen) atoms. The van der Waals surface area contributed by atoms with Crippen molar-refractivity contribution < 1.29 is 14.3 Å². The number of nitrogens with zero attached hydrogens (tertiary/aromatic N) is 2. The van der Waals surface area contributed by atoms with Gasteiger partial charge in [-0.3, -0.25) is 9.59 Å². The van der Waals surface area contributed by atoms with Gasteiger partial charge in [0.1, 0.15) is 22.8 Å². The number of ether oxygens (including phenoxy) is 1. The van der Waals surface area contributed by atoms with E-state index < -0.39 is 11.3 Å².